The third-order valence-electron chi connectivity index (χ3n) is 3.19. The molecule has 3 nitrogen and oxygen atoms in total. The Balaban J connectivity index is 1.73. The Labute approximate surface area is 112 Å². The molecule has 0 aliphatic rings. The van der Waals surface area contributed by atoms with Gasteiger partial charge >= 0.3 is 0 Å². The van der Waals surface area contributed by atoms with Gasteiger partial charge in [0.25, 0.3) is 0 Å². The highest BCUT2D eigenvalue weighted by atomic mass is 16.5. The minimum absolute atomic E-state index is 0.636. The summed E-state index contributed by atoms with van der Waals surface area (Å²) in [5.41, 5.74) is 0. The average molecular weight is 252 g/mol. The summed E-state index contributed by atoms with van der Waals surface area (Å²) in [7, 11) is 0. The second-order valence-corrected chi connectivity index (χ2v) is 4.94. The van der Waals surface area contributed by atoms with Crippen LogP contribution in [0, 0.1) is 0 Å². The van der Waals surface area contributed by atoms with Crippen LogP contribution in [-0.4, -0.2) is 16.2 Å². The molecule has 18 heavy (non-hydrogen) atoms. The molecule has 0 N–H and O–H groups in total. The van der Waals surface area contributed by atoms with Crippen LogP contribution in [0.25, 0.3) is 0 Å². The first-order chi connectivity index (χ1) is 8.93. The van der Waals surface area contributed by atoms with Gasteiger partial charge in [-0.1, -0.05) is 58.3 Å². The molecular formula is C15H28N2O. The van der Waals surface area contributed by atoms with Crippen LogP contribution in [0.15, 0.2) is 18.7 Å². The largest absolute Gasteiger partial charge is 0.361 e. The van der Waals surface area contributed by atoms with Crippen molar-refractivity contribution in [3.8, 4) is 0 Å². The number of nitrogens with zero attached hydrogens (tertiary/aromatic N) is 2. The van der Waals surface area contributed by atoms with Gasteiger partial charge in [-0.2, -0.15) is 0 Å². The fourth-order valence-corrected chi connectivity index (χ4v) is 2.05. The van der Waals surface area contributed by atoms with Gasteiger partial charge in [0.1, 0.15) is 6.73 Å². The molecule has 1 heterocycles. The van der Waals surface area contributed by atoms with Gasteiger partial charge in [-0.15, -0.1) is 0 Å². The van der Waals surface area contributed by atoms with Crippen LogP contribution < -0.4 is 0 Å². The topological polar surface area (TPSA) is 27.1 Å². The van der Waals surface area contributed by atoms with Crippen LogP contribution >= 0.6 is 0 Å². The van der Waals surface area contributed by atoms with E-state index in [1.807, 2.05) is 10.8 Å². The molecule has 0 fully saturated rings. The fourth-order valence-electron chi connectivity index (χ4n) is 2.05. The van der Waals surface area contributed by atoms with Crippen molar-refractivity contribution >= 4 is 0 Å². The van der Waals surface area contributed by atoms with E-state index in [1.54, 1.807) is 12.5 Å². The number of ether oxygens (including phenoxy) is 1. The second-order valence-electron chi connectivity index (χ2n) is 4.94. The second kappa shape index (κ2) is 11.3. The SMILES string of the molecule is CCCCCCCCCCCOCn1ccnc1. The third-order valence-corrected chi connectivity index (χ3v) is 3.19. The van der Waals surface area contributed by atoms with Gasteiger partial charge in [-0.25, -0.2) is 4.98 Å². The lowest BCUT2D eigenvalue weighted by molar-refractivity contribution is 0.0738. The molecule has 0 aliphatic carbocycles. The number of hydrogen-bond donors (Lipinski definition) is 0. The predicted molar refractivity (Wildman–Crippen MR) is 75.4 cm³/mol. The standard InChI is InChI=1S/C15H28N2O/c1-2-3-4-5-6-7-8-9-10-13-18-15-17-12-11-16-14-17/h11-12,14H,2-10,13,15H2,1H3. The Bertz CT molecular complexity index is 259. The molecule has 0 bridgehead atoms. The Morgan fingerprint density at radius 2 is 1.61 bits per heavy atom. The first-order valence-corrected chi connectivity index (χ1v) is 7.47. The summed E-state index contributed by atoms with van der Waals surface area (Å²) in [5.74, 6) is 0. The third kappa shape index (κ3) is 8.29. The minimum Gasteiger partial charge on any atom is -0.361 e. The average Bonchev–Trinajstić information content (AvgIpc) is 2.89. The summed E-state index contributed by atoms with van der Waals surface area (Å²) in [6, 6.07) is 0. The van der Waals surface area contributed by atoms with Crippen molar-refractivity contribution in [3.63, 3.8) is 0 Å². The van der Waals surface area contributed by atoms with E-state index < -0.39 is 0 Å². The first-order valence-electron chi connectivity index (χ1n) is 7.47. The fraction of sp³-hybridized carbons (Fsp3) is 0.800. The summed E-state index contributed by atoms with van der Waals surface area (Å²) in [4.78, 5) is 3.98. The van der Waals surface area contributed by atoms with Crippen molar-refractivity contribution in [2.45, 2.75) is 71.4 Å². The maximum absolute atomic E-state index is 5.56. The van der Waals surface area contributed by atoms with Crippen molar-refractivity contribution < 1.29 is 4.74 Å². The van der Waals surface area contributed by atoms with Crippen LogP contribution in [0.3, 0.4) is 0 Å². The van der Waals surface area contributed by atoms with Crippen LogP contribution in [-0.2, 0) is 11.5 Å². The molecule has 0 unspecified atom stereocenters. The number of hydrogen-bond acceptors (Lipinski definition) is 2. The van der Waals surface area contributed by atoms with Crippen molar-refractivity contribution in [1.29, 1.82) is 0 Å². The van der Waals surface area contributed by atoms with Gasteiger partial charge < -0.3 is 9.30 Å². The molecule has 1 aromatic heterocycles. The lowest BCUT2D eigenvalue weighted by Crippen LogP contribution is -2.01. The van der Waals surface area contributed by atoms with E-state index in [9.17, 15) is 0 Å². The van der Waals surface area contributed by atoms with Crippen LogP contribution in [0.1, 0.15) is 64.7 Å². The highest BCUT2D eigenvalue weighted by molar-refractivity contribution is 4.71. The van der Waals surface area contributed by atoms with E-state index in [2.05, 4.69) is 11.9 Å². The Morgan fingerprint density at radius 1 is 0.944 bits per heavy atom. The van der Waals surface area contributed by atoms with E-state index >= 15 is 0 Å². The lowest BCUT2D eigenvalue weighted by atomic mass is 10.1. The molecule has 0 saturated heterocycles. The minimum atomic E-state index is 0.636. The molecule has 0 aromatic carbocycles. The van der Waals surface area contributed by atoms with Crippen LogP contribution in [0.2, 0.25) is 0 Å². The van der Waals surface area contributed by atoms with Gasteiger partial charge in [-0.3, -0.25) is 0 Å². The number of aromatic nitrogens is 2. The summed E-state index contributed by atoms with van der Waals surface area (Å²) < 4.78 is 7.51. The zero-order chi connectivity index (χ0) is 12.9. The maximum atomic E-state index is 5.56. The van der Waals surface area contributed by atoms with E-state index in [0.717, 1.165) is 6.61 Å². The van der Waals surface area contributed by atoms with E-state index in [1.165, 1.54) is 57.8 Å². The zero-order valence-corrected chi connectivity index (χ0v) is 11.8. The van der Waals surface area contributed by atoms with Crippen LogP contribution in [0.4, 0.5) is 0 Å². The number of rotatable bonds is 12. The molecule has 1 rings (SSSR count). The smallest absolute Gasteiger partial charge is 0.123 e. The summed E-state index contributed by atoms with van der Waals surface area (Å²) in [5, 5.41) is 0. The van der Waals surface area contributed by atoms with Crippen LogP contribution in [0.5, 0.6) is 0 Å². The quantitative estimate of drug-likeness (QED) is 0.516. The first kappa shape index (κ1) is 15.2. The van der Waals surface area contributed by atoms with Crippen molar-refractivity contribution in [1.82, 2.24) is 9.55 Å². The van der Waals surface area contributed by atoms with Gasteiger partial charge in [0.15, 0.2) is 0 Å². The molecule has 1 aromatic rings. The zero-order valence-electron chi connectivity index (χ0n) is 11.8. The van der Waals surface area contributed by atoms with Gasteiger partial charge in [0.05, 0.1) is 6.33 Å². The molecule has 0 spiro atoms. The Kier molecular flexibility index (Phi) is 9.54. The molecule has 3 heteroatoms. The normalized spacial score (nSPS) is 10.9. The number of imidazole rings is 1. The van der Waals surface area contributed by atoms with E-state index in [-0.39, 0.29) is 0 Å². The van der Waals surface area contributed by atoms with Gasteiger partial charge in [-0.05, 0) is 6.42 Å². The van der Waals surface area contributed by atoms with E-state index in [4.69, 9.17) is 4.74 Å². The molecule has 0 aliphatic heterocycles. The number of unbranched alkanes of at least 4 members (excludes halogenated alkanes) is 8. The molecule has 0 saturated carbocycles. The molecule has 0 radical (unpaired) electrons. The summed E-state index contributed by atoms with van der Waals surface area (Å²) >= 11 is 0. The molecule has 0 amide bonds. The highest BCUT2D eigenvalue weighted by Gasteiger charge is 1.93. The van der Waals surface area contributed by atoms with Gasteiger partial charge in [0, 0.05) is 19.0 Å². The molecular weight excluding hydrogens is 224 g/mol. The summed E-state index contributed by atoms with van der Waals surface area (Å²) in [6.07, 6.45) is 17.7. The maximum Gasteiger partial charge on any atom is 0.123 e. The van der Waals surface area contributed by atoms with E-state index in [0.29, 0.717) is 6.73 Å². The predicted octanol–water partition coefficient (Wildman–Crippen LogP) is 4.39. The van der Waals surface area contributed by atoms with Crippen molar-refractivity contribution in [2.24, 2.45) is 0 Å². The molecule has 0 atom stereocenters. The lowest BCUT2D eigenvalue weighted by Gasteiger charge is -2.05. The Hall–Kier alpha value is -0.830. The Morgan fingerprint density at radius 3 is 2.22 bits per heavy atom. The highest BCUT2D eigenvalue weighted by Crippen LogP contribution is 2.09. The van der Waals surface area contributed by atoms with Crippen molar-refractivity contribution in [2.75, 3.05) is 6.61 Å². The summed E-state index contributed by atoms with van der Waals surface area (Å²) in [6.45, 7) is 3.77. The van der Waals surface area contributed by atoms with Crippen molar-refractivity contribution in [3.05, 3.63) is 18.7 Å². The molecule has 104 valence electrons. The van der Waals surface area contributed by atoms with Gasteiger partial charge in [0.2, 0.25) is 0 Å². The monoisotopic (exact) mass is 252 g/mol.